The van der Waals surface area contributed by atoms with E-state index >= 15 is 0 Å². The maximum atomic E-state index is 13.3. The number of aromatic nitrogens is 1. The molecule has 4 rings (SSSR count). The minimum Gasteiger partial charge on any atom is -0.368 e. The quantitative estimate of drug-likeness (QED) is 0.753. The van der Waals surface area contributed by atoms with Crippen molar-refractivity contribution in [1.29, 1.82) is 0 Å². The molecule has 1 aliphatic heterocycles. The second-order valence-corrected chi connectivity index (χ2v) is 6.67. The van der Waals surface area contributed by atoms with Gasteiger partial charge in [0.15, 0.2) is 0 Å². The van der Waals surface area contributed by atoms with E-state index in [0.29, 0.717) is 11.4 Å². The molecule has 2 heterocycles. The number of anilines is 3. The summed E-state index contributed by atoms with van der Waals surface area (Å²) < 4.78 is 13.3. The Morgan fingerprint density at radius 2 is 1.57 bits per heavy atom. The Morgan fingerprint density at radius 3 is 2.29 bits per heavy atom. The molecule has 0 radical (unpaired) electrons. The first-order valence-electron chi connectivity index (χ1n) is 9.27. The number of carbonyl (C=O) groups is 1. The molecule has 0 saturated carbocycles. The van der Waals surface area contributed by atoms with Gasteiger partial charge in [0.2, 0.25) is 0 Å². The Morgan fingerprint density at radius 1 is 0.857 bits per heavy atom. The Kier molecular flexibility index (Phi) is 5.19. The van der Waals surface area contributed by atoms with E-state index in [1.54, 1.807) is 24.4 Å². The highest BCUT2D eigenvalue weighted by molar-refractivity contribution is 6.03. The van der Waals surface area contributed by atoms with Crippen LogP contribution >= 0.6 is 0 Å². The van der Waals surface area contributed by atoms with Gasteiger partial charge in [-0.25, -0.2) is 4.39 Å². The van der Waals surface area contributed by atoms with Crippen LogP contribution in [0.4, 0.5) is 21.5 Å². The lowest BCUT2D eigenvalue weighted by atomic mass is 10.2. The monoisotopic (exact) mass is 376 g/mol. The first kappa shape index (κ1) is 18.0. The Hall–Kier alpha value is -3.41. The summed E-state index contributed by atoms with van der Waals surface area (Å²) in [4.78, 5) is 21.3. The number of hydrogen-bond donors (Lipinski definition) is 1. The second kappa shape index (κ2) is 8.08. The second-order valence-electron chi connectivity index (χ2n) is 6.67. The Labute approximate surface area is 163 Å². The number of amides is 1. The van der Waals surface area contributed by atoms with Crippen LogP contribution < -0.4 is 15.1 Å². The first-order valence-corrected chi connectivity index (χ1v) is 9.27. The standard InChI is InChI=1S/C22H21FN4O/c23-17-5-4-6-18(15-17)25-22(28)21-16-20(9-10-24-21)27-13-11-26(12-14-27)19-7-2-1-3-8-19/h1-10,15-16H,11-14H2,(H,25,28). The number of pyridine rings is 1. The summed E-state index contributed by atoms with van der Waals surface area (Å²) in [6.07, 6.45) is 1.64. The van der Waals surface area contributed by atoms with E-state index in [2.05, 4.69) is 32.2 Å². The molecule has 1 fully saturated rings. The fraction of sp³-hybridized carbons (Fsp3) is 0.182. The van der Waals surface area contributed by atoms with E-state index in [0.717, 1.165) is 31.9 Å². The van der Waals surface area contributed by atoms with Crippen LogP contribution in [0, 0.1) is 5.82 Å². The highest BCUT2D eigenvalue weighted by Crippen LogP contribution is 2.21. The fourth-order valence-electron chi connectivity index (χ4n) is 3.36. The summed E-state index contributed by atoms with van der Waals surface area (Å²) in [5.74, 6) is -0.744. The van der Waals surface area contributed by atoms with Crippen molar-refractivity contribution in [2.75, 3.05) is 41.3 Å². The van der Waals surface area contributed by atoms with Crippen LogP contribution in [0.1, 0.15) is 10.5 Å². The fourth-order valence-corrected chi connectivity index (χ4v) is 3.36. The average Bonchev–Trinajstić information content (AvgIpc) is 2.75. The van der Waals surface area contributed by atoms with Crippen LogP contribution in [0.15, 0.2) is 72.9 Å². The topological polar surface area (TPSA) is 48.5 Å². The number of piperazine rings is 1. The molecule has 0 bridgehead atoms. The molecule has 1 aliphatic rings. The summed E-state index contributed by atoms with van der Waals surface area (Å²) in [5, 5.41) is 2.69. The van der Waals surface area contributed by atoms with Gasteiger partial charge in [0, 0.05) is 49.4 Å². The van der Waals surface area contributed by atoms with E-state index in [9.17, 15) is 9.18 Å². The van der Waals surface area contributed by atoms with E-state index in [-0.39, 0.29) is 5.91 Å². The van der Waals surface area contributed by atoms with Crippen LogP contribution in [0.3, 0.4) is 0 Å². The number of rotatable bonds is 4. The predicted molar refractivity (Wildman–Crippen MR) is 109 cm³/mol. The largest absolute Gasteiger partial charge is 0.368 e. The number of nitrogens with zero attached hydrogens (tertiary/aromatic N) is 3. The van der Waals surface area contributed by atoms with Crippen LogP contribution in [-0.2, 0) is 0 Å². The van der Waals surface area contributed by atoms with E-state index in [4.69, 9.17) is 0 Å². The Bertz CT molecular complexity index is 956. The van der Waals surface area contributed by atoms with E-state index in [1.165, 1.54) is 17.8 Å². The Balaban J connectivity index is 1.42. The molecule has 28 heavy (non-hydrogen) atoms. The van der Waals surface area contributed by atoms with Gasteiger partial charge in [0.25, 0.3) is 5.91 Å². The lowest BCUT2D eigenvalue weighted by Crippen LogP contribution is -2.46. The molecule has 3 aromatic rings. The minimum absolute atomic E-state index is 0.312. The molecule has 1 saturated heterocycles. The van der Waals surface area contributed by atoms with Crippen LogP contribution in [-0.4, -0.2) is 37.1 Å². The molecule has 0 spiro atoms. The van der Waals surface area contributed by atoms with Crippen LogP contribution in [0.2, 0.25) is 0 Å². The zero-order valence-electron chi connectivity index (χ0n) is 15.4. The SMILES string of the molecule is O=C(Nc1cccc(F)c1)c1cc(N2CCN(c3ccccc3)CC2)ccn1. The van der Waals surface area contributed by atoms with Gasteiger partial charge in [0.05, 0.1) is 0 Å². The first-order chi connectivity index (χ1) is 13.7. The molecule has 0 unspecified atom stereocenters. The number of benzene rings is 2. The molecule has 5 nitrogen and oxygen atoms in total. The van der Waals surface area contributed by atoms with Crippen LogP contribution in [0.25, 0.3) is 0 Å². The molecule has 0 aliphatic carbocycles. The summed E-state index contributed by atoms with van der Waals surface area (Å²) in [6, 6.07) is 19.9. The van der Waals surface area contributed by atoms with Crippen molar-refractivity contribution in [3.63, 3.8) is 0 Å². The van der Waals surface area contributed by atoms with Crippen LogP contribution in [0.5, 0.6) is 0 Å². The smallest absolute Gasteiger partial charge is 0.274 e. The van der Waals surface area contributed by atoms with Crippen molar-refractivity contribution in [1.82, 2.24) is 4.98 Å². The van der Waals surface area contributed by atoms with Gasteiger partial charge in [0.1, 0.15) is 11.5 Å². The van der Waals surface area contributed by atoms with Crippen molar-refractivity contribution in [2.24, 2.45) is 0 Å². The van der Waals surface area contributed by atoms with Crippen molar-refractivity contribution >= 4 is 23.0 Å². The summed E-state index contributed by atoms with van der Waals surface area (Å²) in [6.45, 7) is 3.56. The van der Waals surface area contributed by atoms with Gasteiger partial charge in [-0.2, -0.15) is 0 Å². The van der Waals surface area contributed by atoms with Gasteiger partial charge < -0.3 is 15.1 Å². The number of carbonyl (C=O) groups excluding carboxylic acids is 1. The van der Waals surface area contributed by atoms with Gasteiger partial charge in [-0.15, -0.1) is 0 Å². The molecule has 142 valence electrons. The van der Waals surface area contributed by atoms with E-state index in [1.807, 2.05) is 24.3 Å². The molecular formula is C22H21FN4O. The summed E-state index contributed by atoms with van der Waals surface area (Å²) >= 11 is 0. The third kappa shape index (κ3) is 4.11. The molecule has 6 heteroatoms. The van der Waals surface area contributed by atoms with Crippen molar-refractivity contribution in [3.8, 4) is 0 Å². The molecule has 1 aromatic heterocycles. The molecule has 1 amide bonds. The third-order valence-corrected chi connectivity index (χ3v) is 4.82. The third-order valence-electron chi connectivity index (χ3n) is 4.82. The van der Waals surface area contributed by atoms with Crippen molar-refractivity contribution in [3.05, 3.63) is 84.4 Å². The average molecular weight is 376 g/mol. The predicted octanol–water partition coefficient (Wildman–Crippen LogP) is 3.80. The van der Waals surface area contributed by atoms with Gasteiger partial charge in [-0.3, -0.25) is 9.78 Å². The maximum Gasteiger partial charge on any atom is 0.274 e. The lowest BCUT2D eigenvalue weighted by Gasteiger charge is -2.37. The van der Waals surface area contributed by atoms with Gasteiger partial charge in [-0.05, 0) is 42.5 Å². The molecule has 0 atom stereocenters. The maximum absolute atomic E-state index is 13.3. The number of nitrogens with one attached hydrogen (secondary N) is 1. The van der Waals surface area contributed by atoms with E-state index < -0.39 is 5.82 Å². The molecular weight excluding hydrogens is 355 g/mol. The minimum atomic E-state index is -0.393. The number of para-hydroxylation sites is 1. The summed E-state index contributed by atoms with van der Waals surface area (Å²) in [7, 11) is 0. The van der Waals surface area contributed by atoms with Gasteiger partial charge in [-0.1, -0.05) is 24.3 Å². The normalized spacial score (nSPS) is 14.0. The lowest BCUT2D eigenvalue weighted by molar-refractivity contribution is 0.102. The van der Waals surface area contributed by atoms with Crippen molar-refractivity contribution in [2.45, 2.75) is 0 Å². The van der Waals surface area contributed by atoms with Gasteiger partial charge >= 0.3 is 0 Å². The zero-order chi connectivity index (χ0) is 19.3. The zero-order valence-corrected chi connectivity index (χ0v) is 15.4. The van der Waals surface area contributed by atoms with Crippen molar-refractivity contribution < 1.29 is 9.18 Å². The number of hydrogen-bond acceptors (Lipinski definition) is 4. The molecule has 2 aromatic carbocycles. The number of halogens is 1. The summed E-state index contributed by atoms with van der Waals surface area (Å²) in [5.41, 5.74) is 2.92. The highest BCUT2D eigenvalue weighted by Gasteiger charge is 2.19. The molecule has 1 N–H and O–H groups in total. The highest BCUT2D eigenvalue weighted by atomic mass is 19.1.